The number of nitrogens with zero attached hydrogens (tertiary/aromatic N) is 3. The number of hydrazone groups is 1. The molecule has 1 aliphatic heterocycles. The summed E-state index contributed by atoms with van der Waals surface area (Å²) in [7, 11) is 0. The van der Waals surface area contributed by atoms with Gasteiger partial charge in [0, 0.05) is 32.7 Å². The molecule has 0 spiro atoms. The van der Waals surface area contributed by atoms with Crippen molar-refractivity contribution in [1.29, 1.82) is 0 Å². The number of hydrogen-bond donors (Lipinski definition) is 2. The Morgan fingerprint density at radius 1 is 1.00 bits per heavy atom. The number of piperazine rings is 1. The van der Waals surface area contributed by atoms with Crippen LogP contribution in [0.3, 0.4) is 0 Å². The Labute approximate surface area is 160 Å². The van der Waals surface area contributed by atoms with Gasteiger partial charge in [0.25, 0.3) is 5.91 Å². The highest BCUT2D eigenvalue weighted by Gasteiger charge is 2.18. The molecule has 0 bridgehead atoms. The van der Waals surface area contributed by atoms with Gasteiger partial charge >= 0.3 is 0 Å². The topological polar surface area (TPSA) is 68.2 Å². The summed E-state index contributed by atoms with van der Waals surface area (Å²) in [5.41, 5.74) is 5.52. The molecule has 2 aromatic carbocycles. The predicted octanol–water partition coefficient (Wildman–Crippen LogP) is 2.05. The lowest BCUT2D eigenvalue weighted by Crippen LogP contribution is -2.48. The van der Waals surface area contributed by atoms with Gasteiger partial charge in [-0.15, -0.1) is 0 Å². The molecule has 1 saturated heterocycles. The van der Waals surface area contributed by atoms with Crippen molar-refractivity contribution in [3.8, 4) is 5.75 Å². The second-order valence-corrected chi connectivity index (χ2v) is 6.82. The van der Waals surface area contributed by atoms with Crippen molar-refractivity contribution < 1.29 is 9.90 Å². The lowest BCUT2D eigenvalue weighted by atomic mass is 10.1. The standard InChI is InChI=1S/C21H26N4O2/c1-17(19-7-9-20(26)10-8-19)22-23-21(27)16-25-13-11-24(12-14-25)15-18-5-3-2-4-6-18/h2-10,26H,11-16H2,1H3,(H,23,27)/b22-17+. The highest BCUT2D eigenvalue weighted by molar-refractivity contribution is 5.99. The van der Waals surface area contributed by atoms with Gasteiger partial charge in [-0.2, -0.15) is 5.10 Å². The number of amides is 1. The molecule has 2 aromatic rings. The largest absolute Gasteiger partial charge is 0.508 e. The molecule has 0 unspecified atom stereocenters. The Hall–Kier alpha value is -2.70. The maximum atomic E-state index is 12.2. The van der Waals surface area contributed by atoms with Crippen molar-refractivity contribution in [3.63, 3.8) is 0 Å². The van der Waals surface area contributed by atoms with Gasteiger partial charge in [-0.1, -0.05) is 30.3 Å². The van der Waals surface area contributed by atoms with Gasteiger partial charge in [0.15, 0.2) is 0 Å². The number of phenols is 1. The van der Waals surface area contributed by atoms with Gasteiger partial charge in [-0.05, 0) is 42.3 Å². The average Bonchev–Trinajstić information content (AvgIpc) is 2.69. The third kappa shape index (κ3) is 5.91. The SMILES string of the molecule is C/C(=N\NC(=O)CN1CCN(Cc2ccccc2)CC1)c1ccc(O)cc1. The van der Waals surface area contributed by atoms with E-state index in [9.17, 15) is 9.90 Å². The number of aromatic hydroxyl groups is 1. The monoisotopic (exact) mass is 366 g/mol. The summed E-state index contributed by atoms with van der Waals surface area (Å²) >= 11 is 0. The first-order chi connectivity index (χ1) is 13.1. The smallest absolute Gasteiger partial charge is 0.254 e. The molecule has 6 heteroatoms. The fourth-order valence-electron chi connectivity index (χ4n) is 3.10. The fraction of sp³-hybridized carbons (Fsp3) is 0.333. The second kappa shape index (κ2) is 9.30. The minimum absolute atomic E-state index is 0.107. The van der Waals surface area contributed by atoms with Crippen molar-refractivity contribution in [3.05, 3.63) is 65.7 Å². The maximum absolute atomic E-state index is 12.2. The van der Waals surface area contributed by atoms with E-state index in [2.05, 4.69) is 44.6 Å². The van der Waals surface area contributed by atoms with Crippen LogP contribution >= 0.6 is 0 Å². The fourth-order valence-corrected chi connectivity index (χ4v) is 3.10. The molecule has 2 N–H and O–H groups in total. The molecule has 1 aliphatic rings. The summed E-state index contributed by atoms with van der Waals surface area (Å²) in [6.45, 7) is 6.80. The van der Waals surface area contributed by atoms with Crippen LogP contribution < -0.4 is 5.43 Å². The Kier molecular flexibility index (Phi) is 6.57. The van der Waals surface area contributed by atoms with Crippen molar-refractivity contribution in [2.24, 2.45) is 5.10 Å². The van der Waals surface area contributed by atoms with E-state index in [4.69, 9.17) is 0 Å². The Balaban J connectivity index is 1.41. The lowest BCUT2D eigenvalue weighted by molar-refractivity contribution is -0.122. The summed E-state index contributed by atoms with van der Waals surface area (Å²) < 4.78 is 0. The zero-order valence-corrected chi connectivity index (χ0v) is 15.6. The normalized spacial score (nSPS) is 16.3. The van der Waals surface area contributed by atoms with E-state index in [1.807, 2.05) is 13.0 Å². The number of nitrogens with one attached hydrogen (secondary N) is 1. The van der Waals surface area contributed by atoms with Gasteiger partial charge < -0.3 is 5.11 Å². The van der Waals surface area contributed by atoms with Gasteiger partial charge in [-0.25, -0.2) is 5.43 Å². The van der Waals surface area contributed by atoms with Crippen LogP contribution in [0.5, 0.6) is 5.75 Å². The number of carbonyl (C=O) groups excluding carboxylic acids is 1. The molecule has 1 fully saturated rings. The van der Waals surface area contributed by atoms with Gasteiger partial charge in [0.05, 0.1) is 12.3 Å². The first kappa shape index (κ1) is 19.1. The van der Waals surface area contributed by atoms with Crippen molar-refractivity contribution in [1.82, 2.24) is 15.2 Å². The van der Waals surface area contributed by atoms with Crippen LogP contribution in [0.25, 0.3) is 0 Å². The molecular formula is C21H26N4O2. The van der Waals surface area contributed by atoms with E-state index in [-0.39, 0.29) is 11.7 Å². The first-order valence-electron chi connectivity index (χ1n) is 9.21. The Bertz CT molecular complexity index is 767. The number of benzene rings is 2. The summed E-state index contributed by atoms with van der Waals surface area (Å²) in [6, 6.07) is 17.2. The van der Waals surface area contributed by atoms with Crippen LogP contribution in [0, 0.1) is 0 Å². The van der Waals surface area contributed by atoms with E-state index in [1.165, 1.54) is 5.56 Å². The minimum atomic E-state index is -0.107. The van der Waals surface area contributed by atoms with Crippen LogP contribution in [-0.2, 0) is 11.3 Å². The number of rotatable bonds is 6. The molecule has 142 valence electrons. The molecule has 0 aromatic heterocycles. The molecule has 0 saturated carbocycles. The third-order valence-electron chi connectivity index (χ3n) is 4.71. The van der Waals surface area contributed by atoms with E-state index in [1.54, 1.807) is 24.3 Å². The number of hydrogen-bond acceptors (Lipinski definition) is 5. The van der Waals surface area contributed by atoms with Crippen molar-refractivity contribution in [2.45, 2.75) is 13.5 Å². The lowest BCUT2D eigenvalue weighted by Gasteiger charge is -2.34. The van der Waals surface area contributed by atoms with E-state index < -0.39 is 0 Å². The average molecular weight is 366 g/mol. The summed E-state index contributed by atoms with van der Waals surface area (Å²) in [5, 5.41) is 13.5. The molecule has 0 radical (unpaired) electrons. The zero-order chi connectivity index (χ0) is 19.1. The molecule has 1 amide bonds. The molecular weight excluding hydrogens is 340 g/mol. The summed E-state index contributed by atoms with van der Waals surface area (Å²) in [6.07, 6.45) is 0. The molecule has 0 aliphatic carbocycles. The van der Waals surface area contributed by atoms with Crippen LogP contribution in [0.15, 0.2) is 59.7 Å². The zero-order valence-electron chi connectivity index (χ0n) is 15.6. The molecule has 3 rings (SSSR count). The van der Waals surface area contributed by atoms with Crippen LogP contribution in [0.2, 0.25) is 0 Å². The molecule has 6 nitrogen and oxygen atoms in total. The third-order valence-corrected chi connectivity index (χ3v) is 4.71. The van der Waals surface area contributed by atoms with Gasteiger partial charge in [0.1, 0.15) is 5.75 Å². The summed E-state index contributed by atoms with van der Waals surface area (Å²) in [5.74, 6) is 0.103. The van der Waals surface area contributed by atoms with E-state index in [0.717, 1.165) is 38.3 Å². The molecule has 27 heavy (non-hydrogen) atoms. The van der Waals surface area contributed by atoms with Crippen molar-refractivity contribution in [2.75, 3.05) is 32.7 Å². The van der Waals surface area contributed by atoms with Crippen LogP contribution in [-0.4, -0.2) is 59.2 Å². The Morgan fingerprint density at radius 3 is 2.30 bits per heavy atom. The highest BCUT2D eigenvalue weighted by Crippen LogP contribution is 2.10. The van der Waals surface area contributed by atoms with Crippen LogP contribution in [0.4, 0.5) is 0 Å². The van der Waals surface area contributed by atoms with Gasteiger partial charge in [-0.3, -0.25) is 14.6 Å². The van der Waals surface area contributed by atoms with E-state index >= 15 is 0 Å². The summed E-state index contributed by atoms with van der Waals surface area (Å²) in [4.78, 5) is 16.7. The predicted molar refractivity (Wildman–Crippen MR) is 107 cm³/mol. The van der Waals surface area contributed by atoms with Crippen LogP contribution in [0.1, 0.15) is 18.1 Å². The highest BCUT2D eigenvalue weighted by atomic mass is 16.3. The molecule has 0 atom stereocenters. The quantitative estimate of drug-likeness (QED) is 0.607. The number of phenolic OH excluding ortho intramolecular Hbond substituents is 1. The molecule has 1 heterocycles. The maximum Gasteiger partial charge on any atom is 0.254 e. The minimum Gasteiger partial charge on any atom is -0.508 e. The first-order valence-corrected chi connectivity index (χ1v) is 9.21. The number of carbonyl (C=O) groups is 1. The Morgan fingerprint density at radius 2 is 1.63 bits per heavy atom. The van der Waals surface area contributed by atoms with Gasteiger partial charge in [0.2, 0.25) is 0 Å². The second-order valence-electron chi connectivity index (χ2n) is 6.82. The van der Waals surface area contributed by atoms with E-state index in [0.29, 0.717) is 12.3 Å². The van der Waals surface area contributed by atoms with Crippen molar-refractivity contribution >= 4 is 11.6 Å².